The van der Waals surface area contributed by atoms with E-state index in [1.54, 1.807) is 35.2 Å². The van der Waals surface area contributed by atoms with E-state index in [-0.39, 0.29) is 11.6 Å². The predicted molar refractivity (Wildman–Crippen MR) is 126 cm³/mol. The van der Waals surface area contributed by atoms with Crippen LogP contribution in [0.25, 0.3) is 23.0 Å². The molecule has 0 saturated carbocycles. The first-order valence-corrected chi connectivity index (χ1v) is 10.5. The zero-order valence-electron chi connectivity index (χ0n) is 16.2. The Morgan fingerprint density at radius 3 is 2.68 bits per heavy atom. The number of carbonyl (C=O) groups excluding carboxylic acids is 1. The molecule has 1 saturated heterocycles. The van der Waals surface area contributed by atoms with Crippen LogP contribution in [0, 0.1) is 10.1 Å². The second-order valence-corrected chi connectivity index (χ2v) is 8.28. The molecule has 1 aliphatic heterocycles. The van der Waals surface area contributed by atoms with Crippen LogP contribution in [0.4, 0.5) is 5.69 Å². The lowest BCUT2D eigenvalue weighted by Crippen LogP contribution is -2.27. The Labute approximate surface area is 187 Å². The Hall–Kier alpha value is -3.56. The van der Waals surface area contributed by atoms with Gasteiger partial charge >= 0.3 is 0 Å². The number of para-hydroxylation sites is 1. The number of thiocarbonyl (C=S) groups is 1. The molecule has 0 unspecified atom stereocenters. The molecule has 4 rings (SSSR count). The molecule has 0 atom stereocenters. The average Bonchev–Trinajstić information content (AvgIpc) is 3.31. The van der Waals surface area contributed by atoms with Gasteiger partial charge in [0.05, 0.1) is 15.5 Å². The van der Waals surface area contributed by atoms with Crippen LogP contribution in [0.5, 0.6) is 0 Å². The van der Waals surface area contributed by atoms with Gasteiger partial charge in [-0.3, -0.25) is 19.8 Å². The number of thioether (sulfide) groups is 1. The Bertz CT molecular complexity index is 1230. The largest absolute Gasteiger partial charge is 0.289 e. The van der Waals surface area contributed by atoms with Crippen molar-refractivity contribution < 1.29 is 9.72 Å². The van der Waals surface area contributed by atoms with Crippen LogP contribution in [0.15, 0.2) is 78.4 Å². The summed E-state index contributed by atoms with van der Waals surface area (Å²) < 4.78 is 2.15. The highest BCUT2D eigenvalue weighted by Gasteiger charge is 2.31. The van der Waals surface area contributed by atoms with Crippen molar-refractivity contribution in [3.63, 3.8) is 0 Å². The molecule has 0 N–H and O–H groups in total. The molecule has 0 spiro atoms. The average molecular weight is 449 g/mol. The third-order valence-corrected chi connectivity index (χ3v) is 5.94. The zero-order chi connectivity index (χ0) is 22.0. The normalized spacial score (nSPS) is 15.0. The van der Waals surface area contributed by atoms with Gasteiger partial charge in [-0.2, -0.15) is 5.10 Å². The summed E-state index contributed by atoms with van der Waals surface area (Å²) in [5.41, 5.74) is 2.56. The second-order valence-electron chi connectivity index (χ2n) is 6.60. The van der Waals surface area contributed by atoms with Gasteiger partial charge in [0.15, 0.2) is 0 Å². The lowest BCUT2D eigenvalue weighted by Gasteiger charge is -2.10. The van der Waals surface area contributed by atoms with Gasteiger partial charge in [0.25, 0.3) is 11.6 Å². The highest BCUT2D eigenvalue weighted by Crippen LogP contribution is 2.35. The smallest absolute Gasteiger partial charge is 0.270 e. The van der Waals surface area contributed by atoms with E-state index in [1.807, 2.05) is 30.3 Å². The molecule has 0 bridgehead atoms. The van der Waals surface area contributed by atoms with Crippen molar-refractivity contribution in [1.82, 2.24) is 14.7 Å². The maximum atomic E-state index is 12.8. The van der Waals surface area contributed by atoms with Gasteiger partial charge in [-0.1, -0.05) is 60.4 Å². The summed E-state index contributed by atoms with van der Waals surface area (Å²) in [4.78, 5) is 25.5. The lowest BCUT2D eigenvalue weighted by molar-refractivity contribution is -0.384. The molecule has 154 valence electrons. The number of aromatic nitrogens is 2. The van der Waals surface area contributed by atoms with Crippen molar-refractivity contribution in [3.05, 3.63) is 94.0 Å². The maximum Gasteiger partial charge on any atom is 0.270 e. The highest BCUT2D eigenvalue weighted by molar-refractivity contribution is 8.26. The van der Waals surface area contributed by atoms with Gasteiger partial charge in [0.1, 0.15) is 10.0 Å². The first-order valence-electron chi connectivity index (χ1n) is 9.24. The number of benzene rings is 2. The maximum absolute atomic E-state index is 12.8. The molecule has 7 nitrogen and oxygen atoms in total. The van der Waals surface area contributed by atoms with Gasteiger partial charge in [0, 0.05) is 36.0 Å². The quantitative estimate of drug-likeness (QED) is 0.177. The highest BCUT2D eigenvalue weighted by atomic mass is 32.2. The third kappa shape index (κ3) is 4.18. The number of amides is 1. The Morgan fingerprint density at radius 1 is 1.19 bits per heavy atom. The van der Waals surface area contributed by atoms with Gasteiger partial charge in [-0.05, 0) is 18.2 Å². The molecule has 3 aromatic rings. The summed E-state index contributed by atoms with van der Waals surface area (Å²) in [7, 11) is 0. The van der Waals surface area contributed by atoms with Gasteiger partial charge in [0.2, 0.25) is 0 Å². The monoisotopic (exact) mass is 448 g/mol. The van der Waals surface area contributed by atoms with Crippen LogP contribution >= 0.6 is 24.0 Å². The molecule has 2 heterocycles. The minimum atomic E-state index is -0.447. The van der Waals surface area contributed by atoms with E-state index in [4.69, 9.17) is 12.2 Å². The fourth-order valence-corrected chi connectivity index (χ4v) is 4.39. The molecule has 0 radical (unpaired) electrons. The van der Waals surface area contributed by atoms with Crippen LogP contribution in [-0.4, -0.2) is 36.4 Å². The summed E-state index contributed by atoms with van der Waals surface area (Å²) in [5, 5.41) is 15.9. The van der Waals surface area contributed by atoms with Gasteiger partial charge in [-0.25, -0.2) is 4.68 Å². The minimum absolute atomic E-state index is 0.0324. The molecule has 2 aromatic carbocycles. The predicted octanol–water partition coefficient (Wildman–Crippen LogP) is 4.83. The van der Waals surface area contributed by atoms with Crippen molar-refractivity contribution in [2.45, 2.75) is 0 Å². The summed E-state index contributed by atoms with van der Waals surface area (Å²) in [6.07, 6.45) is 5.14. The molecular weight excluding hydrogens is 432 g/mol. The van der Waals surface area contributed by atoms with Crippen LogP contribution in [0.2, 0.25) is 0 Å². The summed E-state index contributed by atoms with van der Waals surface area (Å²) in [6.45, 7) is 4.00. The van der Waals surface area contributed by atoms with Crippen molar-refractivity contribution in [1.29, 1.82) is 0 Å². The molecule has 0 aliphatic carbocycles. The third-order valence-electron chi connectivity index (χ3n) is 4.57. The molecular formula is C22H16N4O3S2. The van der Waals surface area contributed by atoms with Crippen LogP contribution in [0.1, 0.15) is 5.56 Å². The van der Waals surface area contributed by atoms with Gasteiger partial charge in [-0.15, -0.1) is 6.58 Å². The number of hydrogen-bond donors (Lipinski definition) is 0. The molecule has 1 aromatic heterocycles. The van der Waals surface area contributed by atoms with Crippen molar-refractivity contribution >= 4 is 46.0 Å². The lowest BCUT2D eigenvalue weighted by atomic mass is 10.1. The number of rotatable bonds is 6. The van der Waals surface area contributed by atoms with E-state index in [1.165, 1.54) is 28.8 Å². The van der Waals surface area contributed by atoms with E-state index in [0.717, 1.165) is 5.69 Å². The number of nitro benzene ring substituents is 1. The van der Waals surface area contributed by atoms with Crippen molar-refractivity contribution in [2.24, 2.45) is 0 Å². The molecule has 9 heteroatoms. The number of non-ortho nitro benzene ring substituents is 1. The second kappa shape index (κ2) is 8.66. The minimum Gasteiger partial charge on any atom is -0.289 e. The van der Waals surface area contributed by atoms with Crippen LogP contribution in [0.3, 0.4) is 0 Å². The Kier molecular flexibility index (Phi) is 5.79. The molecule has 1 fully saturated rings. The van der Waals surface area contributed by atoms with E-state index in [0.29, 0.717) is 32.6 Å². The number of nitrogens with zero attached hydrogens (tertiary/aromatic N) is 4. The standard InChI is InChI=1S/C22H16N4O3S2/c1-2-11-24-21(27)19(31-22(24)30)13-16-14-25(17-8-4-3-5-9-17)23-20(16)15-7-6-10-18(12-15)26(28)29/h2-10,12-14H,1,11H2. The summed E-state index contributed by atoms with van der Waals surface area (Å²) in [5.74, 6) is -0.202. The summed E-state index contributed by atoms with van der Waals surface area (Å²) >= 11 is 6.52. The van der Waals surface area contributed by atoms with Crippen molar-refractivity contribution in [2.75, 3.05) is 6.54 Å². The fourth-order valence-electron chi connectivity index (χ4n) is 3.12. The van der Waals surface area contributed by atoms with E-state index in [2.05, 4.69) is 11.7 Å². The zero-order valence-corrected chi connectivity index (χ0v) is 17.8. The van der Waals surface area contributed by atoms with Crippen LogP contribution < -0.4 is 0 Å². The SMILES string of the molecule is C=CCN1C(=O)C(=Cc2cn(-c3ccccc3)nc2-c2cccc([N+](=O)[O-])c2)SC1=S. The van der Waals surface area contributed by atoms with Crippen LogP contribution in [-0.2, 0) is 4.79 Å². The number of carbonyl (C=O) groups is 1. The summed E-state index contributed by atoms with van der Waals surface area (Å²) in [6, 6.07) is 15.8. The first kappa shape index (κ1) is 20.7. The Morgan fingerprint density at radius 2 is 1.97 bits per heavy atom. The van der Waals surface area contributed by atoms with Gasteiger partial charge < -0.3 is 0 Å². The number of hydrogen-bond acceptors (Lipinski definition) is 6. The fraction of sp³-hybridized carbons (Fsp3) is 0.0455. The number of nitro groups is 1. The van der Waals surface area contributed by atoms with E-state index in [9.17, 15) is 14.9 Å². The molecule has 31 heavy (non-hydrogen) atoms. The molecule has 1 amide bonds. The van der Waals surface area contributed by atoms with Crippen molar-refractivity contribution in [3.8, 4) is 16.9 Å². The van der Waals surface area contributed by atoms with E-state index < -0.39 is 4.92 Å². The first-order chi connectivity index (χ1) is 15.0. The molecule has 1 aliphatic rings. The Balaban J connectivity index is 1.83. The van der Waals surface area contributed by atoms with E-state index >= 15 is 0 Å². The topological polar surface area (TPSA) is 81.3 Å².